The molecule has 1 atom stereocenters. The summed E-state index contributed by atoms with van der Waals surface area (Å²) < 4.78 is 29.1. The minimum atomic E-state index is -3.60. The molecule has 0 spiro atoms. The first kappa shape index (κ1) is 10.8. The SMILES string of the molecule is C#CC(N)CC(F)(F)C(=O)OC. The van der Waals surface area contributed by atoms with Gasteiger partial charge >= 0.3 is 11.9 Å². The molecule has 3 nitrogen and oxygen atoms in total. The number of rotatable bonds is 3. The molecular formula is C7H9F2NO2. The number of hydrogen-bond donors (Lipinski definition) is 1. The average Bonchev–Trinajstić information content (AvgIpc) is 2.02. The third-order valence-electron chi connectivity index (χ3n) is 1.17. The molecule has 0 radical (unpaired) electrons. The van der Waals surface area contributed by atoms with E-state index in [9.17, 15) is 13.6 Å². The molecule has 0 aromatic carbocycles. The predicted octanol–water partition coefficient (Wildman–Crippen LogP) is 0.145. The van der Waals surface area contributed by atoms with Crippen LogP contribution in [0.5, 0.6) is 0 Å². The van der Waals surface area contributed by atoms with E-state index < -0.39 is 24.4 Å². The normalized spacial score (nSPS) is 13.2. The molecule has 0 bridgehead atoms. The lowest BCUT2D eigenvalue weighted by Crippen LogP contribution is -2.36. The molecule has 0 aliphatic carbocycles. The first-order chi connectivity index (χ1) is 5.44. The van der Waals surface area contributed by atoms with Gasteiger partial charge in [0.2, 0.25) is 0 Å². The first-order valence-electron chi connectivity index (χ1n) is 3.12. The van der Waals surface area contributed by atoms with Crippen molar-refractivity contribution >= 4 is 5.97 Å². The number of esters is 1. The molecule has 0 aromatic rings. The zero-order chi connectivity index (χ0) is 9.78. The Kier molecular flexibility index (Phi) is 3.64. The summed E-state index contributed by atoms with van der Waals surface area (Å²) in [6, 6.07) is -1.14. The molecule has 0 aromatic heterocycles. The van der Waals surface area contributed by atoms with Crippen LogP contribution in [0.4, 0.5) is 8.78 Å². The smallest absolute Gasteiger partial charge is 0.376 e. The highest BCUT2D eigenvalue weighted by Crippen LogP contribution is 2.20. The van der Waals surface area contributed by atoms with Crippen molar-refractivity contribution in [1.82, 2.24) is 0 Å². The molecule has 68 valence electrons. The fraction of sp³-hybridized carbons (Fsp3) is 0.571. The van der Waals surface area contributed by atoms with E-state index in [4.69, 9.17) is 12.2 Å². The molecule has 0 saturated heterocycles. The molecule has 0 fully saturated rings. The number of nitrogens with two attached hydrogens (primary N) is 1. The van der Waals surface area contributed by atoms with Crippen LogP contribution in [-0.4, -0.2) is 25.0 Å². The summed E-state index contributed by atoms with van der Waals surface area (Å²) in [7, 11) is 0.873. The standard InChI is InChI=1S/C7H9F2NO2/c1-3-5(10)4-7(8,9)6(11)12-2/h1,5H,4,10H2,2H3. The van der Waals surface area contributed by atoms with Crippen molar-refractivity contribution in [3.8, 4) is 12.3 Å². The molecule has 0 aliphatic heterocycles. The first-order valence-corrected chi connectivity index (χ1v) is 3.12. The lowest BCUT2D eigenvalue weighted by Gasteiger charge is -2.14. The van der Waals surface area contributed by atoms with Crippen molar-refractivity contribution in [2.45, 2.75) is 18.4 Å². The van der Waals surface area contributed by atoms with Crippen LogP contribution in [0, 0.1) is 12.3 Å². The number of alkyl halides is 2. The van der Waals surface area contributed by atoms with Crippen molar-refractivity contribution in [3.05, 3.63) is 0 Å². The van der Waals surface area contributed by atoms with Gasteiger partial charge < -0.3 is 10.5 Å². The third-order valence-corrected chi connectivity index (χ3v) is 1.17. The van der Waals surface area contributed by atoms with Gasteiger partial charge in [0.05, 0.1) is 13.2 Å². The number of halogens is 2. The van der Waals surface area contributed by atoms with Crippen LogP contribution in [0.2, 0.25) is 0 Å². The van der Waals surface area contributed by atoms with E-state index in [1.54, 1.807) is 0 Å². The summed E-state index contributed by atoms with van der Waals surface area (Å²) in [6.07, 6.45) is 3.87. The van der Waals surface area contributed by atoms with Gasteiger partial charge in [0.25, 0.3) is 0 Å². The maximum Gasteiger partial charge on any atom is 0.376 e. The van der Waals surface area contributed by atoms with Gasteiger partial charge in [0.15, 0.2) is 0 Å². The van der Waals surface area contributed by atoms with E-state index in [2.05, 4.69) is 4.74 Å². The minimum absolute atomic E-state index is 0.873. The second-order valence-electron chi connectivity index (χ2n) is 2.17. The maximum atomic E-state index is 12.6. The fourth-order valence-corrected chi connectivity index (χ4v) is 0.568. The Morgan fingerprint density at radius 2 is 2.33 bits per heavy atom. The zero-order valence-corrected chi connectivity index (χ0v) is 6.51. The Bertz CT molecular complexity index is 210. The van der Waals surface area contributed by atoms with Gasteiger partial charge in [-0.1, -0.05) is 5.92 Å². The largest absolute Gasteiger partial charge is 0.465 e. The van der Waals surface area contributed by atoms with Crippen LogP contribution in [0.25, 0.3) is 0 Å². The van der Waals surface area contributed by atoms with Crippen molar-refractivity contribution in [3.63, 3.8) is 0 Å². The number of ether oxygens (including phenoxy) is 1. The number of hydrogen-bond acceptors (Lipinski definition) is 3. The topological polar surface area (TPSA) is 52.3 Å². The van der Waals surface area contributed by atoms with Crippen molar-refractivity contribution < 1.29 is 18.3 Å². The Labute approximate surface area is 68.9 Å². The Morgan fingerprint density at radius 3 is 2.67 bits per heavy atom. The van der Waals surface area contributed by atoms with Gasteiger partial charge in [-0.3, -0.25) is 0 Å². The average molecular weight is 177 g/mol. The highest BCUT2D eigenvalue weighted by molar-refractivity contribution is 5.77. The van der Waals surface area contributed by atoms with E-state index >= 15 is 0 Å². The summed E-state index contributed by atoms with van der Waals surface area (Å²) in [4.78, 5) is 10.4. The summed E-state index contributed by atoms with van der Waals surface area (Å²) in [6.45, 7) is 0. The number of carbonyl (C=O) groups is 1. The quantitative estimate of drug-likeness (QED) is 0.493. The highest BCUT2D eigenvalue weighted by Gasteiger charge is 2.41. The van der Waals surface area contributed by atoms with Crippen molar-refractivity contribution in [2.75, 3.05) is 7.11 Å². The van der Waals surface area contributed by atoms with Crippen LogP contribution in [0.15, 0.2) is 0 Å². The molecule has 0 saturated carbocycles. The Hall–Kier alpha value is -1.15. The van der Waals surface area contributed by atoms with Crippen molar-refractivity contribution in [1.29, 1.82) is 0 Å². The van der Waals surface area contributed by atoms with Crippen LogP contribution in [0.3, 0.4) is 0 Å². The van der Waals surface area contributed by atoms with Crippen LogP contribution in [0.1, 0.15) is 6.42 Å². The van der Waals surface area contributed by atoms with Gasteiger partial charge in [-0.05, 0) is 0 Å². The number of methoxy groups -OCH3 is 1. The van der Waals surface area contributed by atoms with E-state index in [1.165, 1.54) is 0 Å². The van der Waals surface area contributed by atoms with Crippen molar-refractivity contribution in [2.24, 2.45) is 5.73 Å². The zero-order valence-electron chi connectivity index (χ0n) is 6.51. The highest BCUT2D eigenvalue weighted by atomic mass is 19.3. The Morgan fingerprint density at radius 1 is 1.83 bits per heavy atom. The van der Waals surface area contributed by atoms with Crippen LogP contribution in [-0.2, 0) is 9.53 Å². The van der Waals surface area contributed by atoms with Gasteiger partial charge in [-0.25, -0.2) is 4.79 Å². The molecule has 12 heavy (non-hydrogen) atoms. The fourth-order valence-electron chi connectivity index (χ4n) is 0.568. The molecule has 0 rings (SSSR count). The molecule has 0 heterocycles. The monoisotopic (exact) mass is 177 g/mol. The van der Waals surface area contributed by atoms with E-state index in [-0.39, 0.29) is 0 Å². The molecule has 0 aliphatic rings. The summed E-state index contributed by atoms with van der Waals surface area (Å²) in [5.74, 6) is -3.32. The van der Waals surface area contributed by atoms with Gasteiger partial charge in [0.1, 0.15) is 0 Å². The lowest BCUT2D eigenvalue weighted by atomic mass is 10.1. The van der Waals surface area contributed by atoms with Gasteiger partial charge in [-0.2, -0.15) is 8.78 Å². The van der Waals surface area contributed by atoms with E-state index in [0.717, 1.165) is 7.11 Å². The third kappa shape index (κ3) is 2.84. The van der Waals surface area contributed by atoms with Crippen LogP contribution >= 0.6 is 0 Å². The second-order valence-corrected chi connectivity index (χ2v) is 2.17. The Balaban J connectivity index is 4.24. The van der Waals surface area contributed by atoms with Gasteiger partial charge in [0, 0.05) is 6.42 Å². The van der Waals surface area contributed by atoms with E-state index in [1.807, 2.05) is 5.92 Å². The predicted molar refractivity (Wildman–Crippen MR) is 38.4 cm³/mol. The summed E-state index contributed by atoms with van der Waals surface area (Å²) >= 11 is 0. The van der Waals surface area contributed by atoms with Gasteiger partial charge in [-0.15, -0.1) is 6.42 Å². The maximum absolute atomic E-state index is 12.6. The van der Waals surface area contributed by atoms with E-state index in [0.29, 0.717) is 0 Å². The molecular weight excluding hydrogens is 168 g/mol. The summed E-state index contributed by atoms with van der Waals surface area (Å²) in [5.41, 5.74) is 5.03. The minimum Gasteiger partial charge on any atom is -0.465 e. The molecule has 5 heteroatoms. The lowest BCUT2D eigenvalue weighted by molar-refractivity contribution is -0.169. The summed E-state index contributed by atoms with van der Waals surface area (Å²) in [5, 5.41) is 0. The number of terminal acetylenes is 1. The van der Waals surface area contributed by atoms with Crippen LogP contribution < -0.4 is 5.73 Å². The number of carbonyl (C=O) groups excluding carboxylic acids is 1. The molecule has 1 unspecified atom stereocenters. The molecule has 0 amide bonds. The molecule has 2 N–H and O–H groups in total. The second kappa shape index (κ2) is 4.02.